The fraction of sp³-hybridized carbons (Fsp3) is 0.476. The van der Waals surface area contributed by atoms with Crippen molar-refractivity contribution in [2.75, 3.05) is 13.2 Å². The molecule has 0 aliphatic carbocycles. The maximum atomic E-state index is 12.9. The van der Waals surface area contributed by atoms with Crippen LogP contribution in [0.25, 0.3) is 0 Å². The number of fused-ring (bicyclic) bond motifs is 1. The second-order valence-corrected chi connectivity index (χ2v) is 8.69. The maximum absolute atomic E-state index is 12.9. The molecule has 0 saturated heterocycles. The summed E-state index contributed by atoms with van der Waals surface area (Å²) in [7, 11) is 0. The number of urea groups is 1. The van der Waals surface area contributed by atoms with Crippen molar-refractivity contribution in [3.05, 3.63) is 57.1 Å². The number of rotatable bonds is 6. The van der Waals surface area contributed by atoms with Gasteiger partial charge in [0.15, 0.2) is 0 Å². The van der Waals surface area contributed by atoms with Crippen molar-refractivity contribution >= 4 is 29.2 Å². The predicted molar refractivity (Wildman–Crippen MR) is 116 cm³/mol. The Kier molecular flexibility index (Phi) is 7.52. The first-order valence-electron chi connectivity index (χ1n) is 9.91. The first-order valence-corrected chi connectivity index (χ1v) is 10.7. The molecule has 3 N–H and O–H groups in total. The third-order valence-corrected chi connectivity index (χ3v) is 5.77. The van der Waals surface area contributed by atoms with Crippen LogP contribution in [0.3, 0.4) is 0 Å². The number of hydrogen-bond acceptors (Lipinski definition) is 5. The lowest BCUT2D eigenvalue weighted by Crippen LogP contribution is -2.47. The Labute approximate surface area is 186 Å². The van der Waals surface area contributed by atoms with Crippen molar-refractivity contribution in [1.82, 2.24) is 20.2 Å². The van der Waals surface area contributed by atoms with E-state index >= 15 is 0 Å². The van der Waals surface area contributed by atoms with Crippen LogP contribution in [0.5, 0.6) is 0 Å². The summed E-state index contributed by atoms with van der Waals surface area (Å²) in [4.78, 5) is 23.7. The minimum atomic E-state index is -1.19. The molecule has 2 atom stereocenters. The second-order valence-electron chi connectivity index (χ2n) is 7.88. The van der Waals surface area contributed by atoms with E-state index in [1.54, 1.807) is 23.1 Å². The van der Waals surface area contributed by atoms with E-state index in [4.69, 9.17) is 23.2 Å². The summed E-state index contributed by atoms with van der Waals surface area (Å²) < 4.78 is 0. The summed E-state index contributed by atoms with van der Waals surface area (Å²) in [5.74, 6) is 1.22. The number of carbonyl (C=O) groups is 1. The van der Waals surface area contributed by atoms with Crippen molar-refractivity contribution in [2.24, 2.45) is 5.92 Å². The van der Waals surface area contributed by atoms with Crippen LogP contribution < -0.4 is 5.32 Å². The lowest BCUT2D eigenvalue weighted by molar-refractivity contribution is 0.0625. The van der Waals surface area contributed by atoms with Gasteiger partial charge in [-0.1, -0.05) is 43.1 Å². The molecule has 9 heteroatoms. The third kappa shape index (κ3) is 5.40. The average molecular weight is 453 g/mol. The number of halogens is 2. The molecule has 162 valence electrons. The average Bonchev–Trinajstić information content (AvgIpc) is 2.72. The van der Waals surface area contributed by atoms with Gasteiger partial charge in [0, 0.05) is 19.2 Å². The second kappa shape index (κ2) is 9.92. The van der Waals surface area contributed by atoms with Gasteiger partial charge >= 0.3 is 6.03 Å². The molecular weight excluding hydrogens is 427 g/mol. The van der Waals surface area contributed by atoms with E-state index < -0.39 is 18.8 Å². The van der Waals surface area contributed by atoms with E-state index in [1.807, 2.05) is 6.20 Å². The van der Waals surface area contributed by atoms with Gasteiger partial charge in [0.05, 0.1) is 34.9 Å². The standard InChI is InChI=1S/C21H26Cl2N4O3/c1-12(2)7-19-24-9-14-5-6-27(10-17(14)25-19)21(30)26-20(18(29)11-28)13-3-4-15(22)16(23)8-13/h3-4,8-9,12,18,20,28-29H,5-7,10-11H2,1-2H3,(H,26,30)/t18-,20+/m1/s1. The summed E-state index contributed by atoms with van der Waals surface area (Å²) in [6, 6.07) is 3.64. The van der Waals surface area contributed by atoms with E-state index in [-0.39, 0.29) is 6.03 Å². The monoisotopic (exact) mass is 452 g/mol. The van der Waals surface area contributed by atoms with E-state index in [9.17, 15) is 15.0 Å². The Morgan fingerprint density at radius 2 is 2.07 bits per heavy atom. The van der Waals surface area contributed by atoms with E-state index in [1.165, 1.54) is 0 Å². The Morgan fingerprint density at radius 3 is 2.73 bits per heavy atom. The van der Waals surface area contributed by atoms with Crippen LogP contribution in [-0.2, 0) is 19.4 Å². The number of nitrogens with zero attached hydrogens (tertiary/aromatic N) is 3. The van der Waals surface area contributed by atoms with Gasteiger partial charge in [-0.3, -0.25) is 0 Å². The summed E-state index contributed by atoms with van der Waals surface area (Å²) in [6.45, 7) is 4.57. The normalized spacial score (nSPS) is 15.6. The molecule has 1 aromatic heterocycles. The van der Waals surface area contributed by atoms with Crippen molar-refractivity contribution in [2.45, 2.75) is 45.4 Å². The van der Waals surface area contributed by atoms with Gasteiger partial charge in [-0.15, -0.1) is 0 Å². The zero-order valence-electron chi connectivity index (χ0n) is 17.0. The van der Waals surface area contributed by atoms with Crippen LogP contribution in [0, 0.1) is 5.92 Å². The molecule has 1 aromatic carbocycles. The van der Waals surface area contributed by atoms with Gasteiger partial charge in [0.2, 0.25) is 0 Å². The highest BCUT2D eigenvalue weighted by molar-refractivity contribution is 6.42. The lowest BCUT2D eigenvalue weighted by Gasteiger charge is -2.31. The Hall–Kier alpha value is -1.93. The first kappa shape index (κ1) is 22.7. The highest BCUT2D eigenvalue weighted by Gasteiger charge is 2.28. The zero-order valence-corrected chi connectivity index (χ0v) is 18.5. The van der Waals surface area contributed by atoms with Gasteiger partial charge < -0.3 is 20.4 Å². The minimum Gasteiger partial charge on any atom is -0.394 e. The largest absolute Gasteiger partial charge is 0.394 e. The molecule has 7 nitrogen and oxygen atoms in total. The molecule has 0 unspecified atom stereocenters. The van der Waals surface area contributed by atoms with Crippen molar-refractivity contribution in [1.29, 1.82) is 0 Å². The van der Waals surface area contributed by atoms with E-state index in [2.05, 4.69) is 29.1 Å². The molecule has 2 heterocycles. The Balaban J connectivity index is 1.75. The molecule has 0 bridgehead atoms. The van der Waals surface area contributed by atoms with E-state index in [0.717, 1.165) is 23.5 Å². The number of hydrogen-bond donors (Lipinski definition) is 3. The quantitative estimate of drug-likeness (QED) is 0.624. The number of aliphatic hydroxyl groups excluding tert-OH is 2. The minimum absolute atomic E-state index is 0.305. The number of benzene rings is 1. The maximum Gasteiger partial charge on any atom is 0.318 e. The van der Waals surface area contributed by atoms with Crippen molar-refractivity contribution in [3.8, 4) is 0 Å². The van der Waals surface area contributed by atoms with Crippen LogP contribution in [-0.4, -0.2) is 50.4 Å². The van der Waals surface area contributed by atoms with Gasteiger partial charge in [-0.2, -0.15) is 0 Å². The molecule has 0 spiro atoms. The van der Waals surface area contributed by atoms with Crippen LogP contribution in [0.4, 0.5) is 4.79 Å². The number of aromatic nitrogens is 2. The molecule has 2 aromatic rings. The molecule has 1 aliphatic heterocycles. The molecule has 3 rings (SSSR count). The Morgan fingerprint density at radius 1 is 1.30 bits per heavy atom. The summed E-state index contributed by atoms with van der Waals surface area (Å²) >= 11 is 12.1. The topological polar surface area (TPSA) is 98.6 Å². The lowest BCUT2D eigenvalue weighted by atomic mass is 10.0. The Bertz CT molecular complexity index is 910. The number of amides is 2. The summed E-state index contributed by atoms with van der Waals surface area (Å²) in [6.07, 6.45) is 2.10. The smallest absolute Gasteiger partial charge is 0.318 e. The van der Waals surface area contributed by atoms with Crippen LogP contribution in [0.1, 0.15) is 42.5 Å². The number of nitrogens with one attached hydrogen (secondary N) is 1. The predicted octanol–water partition coefficient (Wildman–Crippen LogP) is 3.14. The van der Waals surface area contributed by atoms with Gasteiger partial charge in [-0.25, -0.2) is 14.8 Å². The molecule has 2 amide bonds. The van der Waals surface area contributed by atoms with Crippen LogP contribution >= 0.6 is 23.2 Å². The van der Waals surface area contributed by atoms with Gasteiger partial charge in [0.25, 0.3) is 0 Å². The van der Waals surface area contributed by atoms with E-state index in [0.29, 0.717) is 41.0 Å². The number of aliphatic hydroxyl groups is 2. The molecule has 30 heavy (non-hydrogen) atoms. The molecular formula is C21H26Cl2N4O3. The summed E-state index contributed by atoms with van der Waals surface area (Å²) in [5, 5.41) is 23.2. The van der Waals surface area contributed by atoms with Crippen molar-refractivity contribution < 1.29 is 15.0 Å². The first-order chi connectivity index (χ1) is 14.3. The SMILES string of the molecule is CC(C)Cc1ncc2c(n1)CN(C(=O)N[C@@H](c1ccc(Cl)c(Cl)c1)[C@H](O)CO)CC2. The van der Waals surface area contributed by atoms with Gasteiger partial charge in [-0.05, 0) is 35.6 Å². The van der Waals surface area contributed by atoms with Crippen molar-refractivity contribution in [3.63, 3.8) is 0 Å². The highest BCUT2D eigenvalue weighted by atomic mass is 35.5. The molecule has 0 saturated carbocycles. The molecule has 0 radical (unpaired) electrons. The van der Waals surface area contributed by atoms with Crippen LogP contribution in [0.15, 0.2) is 24.4 Å². The third-order valence-electron chi connectivity index (χ3n) is 5.03. The molecule has 1 aliphatic rings. The fourth-order valence-corrected chi connectivity index (χ4v) is 3.72. The fourth-order valence-electron chi connectivity index (χ4n) is 3.42. The summed E-state index contributed by atoms with van der Waals surface area (Å²) in [5.41, 5.74) is 2.44. The highest BCUT2D eigenvalue weighted by Crippen LogP contribution is 2.27. The number of carbonyl (C=O) groups excluding carboxylic acids is 1. The van der Waals surface area contributed by atoms with Crippen LogP contribution in [0.2, 0.25) is 10.0 Å². The molecule has 0 fully saturated rings. The zero-order chi connectivity index (χ0) is 21.8. The van der Waals surface area contributed by atoms with Gasteiger partial charge in [0.1, 0.15) is 11.9 Å².